The number of benzene rings is 2. The fourth-order valence-electron chi connectivity index (χ4n) is 4.30. The Kier molecular flexibility index (Phi) is 9.55. The van der Waals surface area contributed by atoms with E-state index in [-0.39, 0.29) is 18.0 Å². The summed E-state index contributed by atoms with van der Waals surface area (Å²) >= 11 is 0. The van der Waals surface area contributed by atoms with Crippen LogP contribution in [0.4, 0.5) is 4.39 Å². The van der Waals surface area contributed by atoms with E-state index < -0.39 is 11.9 Å². The molecule has 0 radical (unpaired) electrons. The maximum Gasteiger partial charge on any atom is 0.306 e. The number of hydrogen-bond acceptors (Lipinski definition) is 3. The van der Waals surface area contributed by atoms with Crippen LogP contribution < -0.4 is 9.47 Å². The molecule has 0 saturated heterocycles. The highest BCUT2D eigenvalue weighted by molar-refractivity contribution is 5.69. The topological polar surface area (TPSA) is 55.8 Å². The third-order valence-electron chi connectivity index (χ3n) is 5.83. The lowest BCUT2D eigenvalue weighted by Crippen LogP contribution is -2.30. The van der Waals surface area contributed by atoms with E-state index in [1.54, 1.807) is 13.0 Å². The van der Waals surface area contributed by atoms with E-state index in [1.807, 2.05) is 52.0 Å². The fourth-order valence-corrected chi connectivity index (χ4v) is 4.30. The first-order valence-electron chi connectivity index (χ1n) is 11.9. The quantitative estimate of drug-likeness (QED) is 0.523. The molecule has 0 amide bonds. The number of carboxylic acids is 1. The van der Waals surface area contributed by atoms with Crippen molar-refractivity contribution in [3.05, 3.63) is 58.9 Å². The Morgan fingerprint density at radius 1 is 1.12 bits per heavy atom. The molecule has 1 fully saturated rings. The summed E-state index contributed by atoms with van der Waals surface area (Å²) in [5, 5.41) is 9.02. The highest BCUT2D eigenvalue weighted by Gasteiger charge is 2.42. The van der Waals surface area contributed by atoms with E-state index in [4.69, 9.17) is 14.6 Å². The summed E-state index contributed by atoms with van der Waals surface area (Å²) < 4.78 is 26.3. The number of hydrogen-bond donors (Lipinski definition) is 1. The van der Waals surface area contributed by atoms with Gasteiger partial charge in [-0.25, -0.2) is 4.39 Å². The number of carbonyl (C=O) groups is 1. The number of aliphatic carboxylic acids is 1. The van der Waals surface area contributed by atoms with Crippen LogP contribution in [0.5, 0.6) is 11.5 Å². The molecule has 1 aliphatic carbocycles. The normalized spacial score (nSPS) is 16.1. The first kappa shape index (κ1) is 25.7. The van der Waals surface area contributed by atoms with Gasteiger partial charge in [0.05, 0.1) is 5.92 Å². The van der Waals surface area contributed by atoms with Gasteiger partial charge in [0, 0.05) is 17.5 Å². The van der Waals surface area contributed by atoms with Crippen molar-refractivity contribution in [2.45, 2.75) is 85.4 Å². The number of ether oxygens (including phenoxy) is 2. The number of halogens is 1. The van der Waals surface area contributed by atoms with E-state index in [9.17, 15) is 9.18 Å². The number of carboxylic acid groups (broad SMARTS) is 1. The molecular formula is C27H37FO4. The fraction of sp³-hybridized carbons (Fsp3) is 0.519. The summed E-state index contributed by atoms with van der Waals surface area (Å²) in [4.78, 5) is 11.0. The molecule has 1 spiro atoms. The van der Waals surface area contributed by atoms with Crippen LogP contribution in [0.2, 0.25) is 0 Å². The Labute approximate surface area is 191 Å². The molecule has 1 aliphatic heterocycles. The minimum atomic E-state index is -0.805. The SMILES string of the molecule is CC.CC.CC(Cc1ccc(OCc2cc(F)cc3c2OC2(CCCC2)C3)cc1)C(=O)O. The second-order valence-electron chi connectivity index (χ2n) is 8.10. The van der Waals surface area contributed by atoms with Gasteiger partial charge in [-0.1, -0.05) is 46.8 Å². The second kappa shape index (κ2) is 11.9. The largest absolute Gasteiger partial charge is 0.489 e. The molecule has 5 heteroatoms. The Bertz CT molecular complexity index is 870. The van der Waals surface area contributed by atoms with Crippen molar-refractivity contribution in [1.82, 2.24) is 0 Å². The zero-order valence-electron chi connectivity index (χ0n) is 20.0. The van der Waals surface area contributed by atoms with Crippen molar-refractivity contribution >= 4 is 5.97 Å². The Balaban J connectivity index is 0.000000860. The first-order chi connectivity index (χ1) is 15.4. The van der Waals surface area contributed by atoms with E-state index in [0.717, 1.165) is 54.5 Å². The molecule has 0 aromatic heterocycles. The van der Waals surface area contributed by atoms with Gasteiger partial charge in [-0.3, -0.25) is 4.79 Å². The van der Waals surface area contributed by atoms with Crippen molar-refractivity contribution in [2.75, 3.05) is 0 Å². The van der Waals surface area contributed by atoms with E-state index in [2.05, 4.69) is 0 Å². The lowest BCUT2D eigenvalue weighted by molar-refractivity contribution is -0.141. The highest BCUT2D eigenvalue weighted by Crippen LogP contribution is 2.46. The molecule has 4 rings (SSSR count). The zero-order valence-corrected chi connectivity index (χ0v) is 20.0. The first-order valence-corrected chi connectivity index (χ1v) is 11.9. The van der Waals surface area contributed by atoms with Crippen molar-refractivity contribution in [2.24, 2.45) is 5.92 Å². The second-order valence-corrected chi connectivity index (χ2v) is 8.10. The average molecular weight is 445 g/mol. The number of fused-ring (bicyclic) bond motifs is 1. The Hall–Kier alpha value is -2.56. The molecule has 32 heavy (non-hydrogen) atoms. The average Bonchev–Trinajstić information content (AvgIpc) is 3.41. The molecule has 2 aromatic carbocycles. The van der Waals surface area contributed by atoms with Gasteiger partial charge in [-0.05, 0) is 61.9 Å². The van der Waals surface area contributed by atoms with Gasteiger partial charge >= 0.3 is 5.97 Å². The summed E-state index contributed by atoms with van der Waals surface area (Å²) in [6.45, 7) is 9.93. The summed E-state index contributed by atoms with van der Waals surface area (Å²) in [5.74, 6) is -0.0375. The molecular weight excluding hydrogens is 407 g/mol. The summed E-state index contributed by atoms with van der Waals surface area (Å²) in [6, 6.07) is 10.5. The van der Waals surface area contributed by atoms with Crippen molar-refractivity contribution in [3.63, 3.8) is 0 Å². The van der Waals surface area contributed by atoms with Crippen LogP contribution in [0.25, 0.3) is 0 Å². The third-order valence-corrected chi connectivity index (χ3v) is 5.83. The molecule has 176 valence electrons. The van der Waals surface area contributed by atoms with Gasteiger partial charge < -0.3 is 14.6 Å². The predicted molar refractivity (Wildman–Crippen MR) is 126 cm³/mol. The third kappa shape index (κ3) is 6.24. The van der Waals surface area contributed by atoms with Crippen LogP contribution in [0.1, 0.15) is 77.0 Å². The van der Waals surface area contributed by atoms with Crippen molar-refractivity contribution in [1.29, 1.82) is 0 Å². The maximum atomic E-state index is 14.1. The van der Waals surface area contributed by atoms with Crippen LogP contribution in [-0.4, -0.2) is 16.7 Å². The minimum absolute atomic E-state index is 0.145. The standard InChI is InChI=1S/C23H25FO4.2C2H6/c1-15(22(25)26)10-16-4-6-20(7-5-16)27-14-18-12-19(24)11-17-13-23(28-21(17)18)8-2-3-9-23;2*1-2/h4-7,11-12,15H,2-3,8-10,13-14H2,1H3,(H,25,26);2*1-2H3. The van der Waals surface area contributed by atoms with Crippen LogP contribution >= 0.6 is 0 Å². The van der Waals surface area contributed by atoms with Crippen LogP contribution in [0.3, 0.4) is 0 Å². The smallest absolute Gasteiger partial charge is 0.306 e. The van der Waals surface area contributed by atoms with E-state index in [1.165, 1.54) is 6.07 Å². The monoisotopic (exact) mass is 444 g/mol. The maximum absolute atomic E-state index is 14.1. The van der Waals surface area contributed by atoms with Crippen LogP contribution in [-0.2, 0) is 24.2 Å². The Morgan fingerprint density at radius 2 is 1.75 bits per heavy atom. The van der Waals surface area contributed by atoms with Gasteiger partial charge in [0.1, 0.15) is 29.5 Å². The Morgan fingerprint density at radius 3 is 2.34 bits per heavy atom. The molecule has 1 saturated carbocycles. The van der Waals surface area contributed by atoms with E-state index in [0.29, 0.717) is 12.2 Å². The minimum Gasteiger partial charge on any atom is -0.489 e. The molecule has 0 bridgehead atoms. The summed E-state index contributed by atoms with van der Waals surface area (Å²) in [6.07, 6.45) is 5.64. The molecule has 4 nitrogen and oxygen atoms in total. The molecule has 2 aliphatic rings. The van der Waals surface area contributed by atoms with Gasteiger partial charge in [0.15, 0.2) is 0 Å². The number of rotatable bonds is 6. The molecule has 1 unspecified atom stereocenters. The van der Waals surface area contributed by atoms with Crippen LogP contribution in [0.15, 0.2) is 36.4 Å². The molecule has 1 heterocycles. The van der Waals surface area contributed by atoms with Gasteiger partial charge in [-0.15, -0.1) is 0 Å². The van der Waals surface area contributed by atoms with Crippen LogP contribution in [0, 0.1) is 11.7 Å². The molecule has 1 atom stereocenters. The lowest BCUT2D eigenvalue weighted by atomic mass is 9.95. The predicted octanol–water partition coefficient (Wildman–Crippen LogP) is 6.97. The van der Waals surface area contributed by atoms with Gasteiger partial charge in [0.25, 0.3) is 0 Å². The van der Waals surface area contributed by atoms with E-state index >= 15 is 0 Å². The summed E-state index contributed by atoms with van der Waals surface area (Å²) in [5.41, 5.74) is 2.48. The summed E-state index contributed by atoms with van der Waals surface area (Å²) in [7, 11) is 0. The molecule has 1 N–H and O–H groups in total. The zero-order chi connectivity index (χ0) is 23.7. The van der Waals surface area contributed by atoms with Crippen molar-refractivity contribution in [3.8, 4) is 11.5 Å². The van der Waals surface area contributed by atoms with Crippen molar-refractivity contribution < 1.29 is 23.8 Å². The molecule has 2 aromatic rings. The lowest BCUT2D eigenvalue weighted by Gasteiger charge is -2.23. The van der Waals surface area contributed by atoms with Gasteiger partial charge in [0.2, 0.25) is 0 Å². The van der Waals surface area contributed by atoms with Gasteiger partial charge in [-0.2, -0.15) is 0 Å². The highest BCUT2D eigenvalue weighted by atomic mass is 19.1.